The maximum Gasteiger partial charge on any atom is 1.00 e. The molecule has 0 amide bonds. The smallest absolute Gasteiger partial charge is 0.747 e. The summed E-state index contributed by atoms with van der Waals surface area (Å²) >= 11 is 0. The number of hydrogen-bond acceptors (Lipinski definition) is 5. The second-order valence-corrected chi connectivity index (χ2v) is 7.47. The van der Waals surface area contributed by atoms with Gasteiger partial charge in [-0.1, -0.05) is 71.1 Å². The fourth-order valence-electron chi connectivity index (χ4n) is 2.48. The van der Waals surface area contributed by atoms with E-state index in [0.29, 0.717) is 6.42 Å². The van der Waals surface area contributed by atoms with Crippen molar-refractivity contribution in [2.45, 2.75) is 89.2 Å². The van der Waals surface area contributed by atoms with Crippen molar-refractivity contribution in [2.75, 3.05) is 6.61 Å². The molecule has 5 nitrogen and oxygen atoms in total. The van der Waals surface area contributed by atoms with Crippen LogP contribution in [0.15, 0.2) is 0 Å². The number of carbonyl (C=O) groups is 1. The molecule has 0 radical (unpaired) electrons. The Morgan fingerprint density at radius 2 is 1.30 bits per heavy atom. The van der Waals surface area contributed by atoms with Crippen molar-refractivity contribution in [2.24, 2.45) is 0 Å². The molecule has 0 saturated heterocycles. The Morgan fingerprint density at radius 3 is 1.65 bits per heavy atom. The molecule has 0 spiro atoms. The van der Waals surface area contributed by atoms with E-state index in [1.807, 2.05) is 0 Å². The van der Waals surface area contributed by atoms with E-state index in [1.165, 1.54) is 44.9 Å². The normalized spacial score (nSPS) is 12.7. The van der Waals surface area contributed by atoms with E-state index in [2.05, 4.69) is 6.92 Å². The van der Waals surface area contributed by atoms with E-state index < -0.39 is 27.8 Å². The van der Waals surface area contributed by atoms with Crippen LogP contribution in [0.3, 0.4) is 0 Å². The molecule has 1 unspecified atom stereocenters. The van der Waals surface area contributed by atoms with Gasteiger partial charge in [-0.15, -0.1) is 0 Å². The van der Waals surface area contributed by atoms with Crippen LogP contribution >= 0.6 is 0 Å². The topological polar surface area (TPSA) is 94.5 Å². The Morgan fingerprint density at radius 1 is 0.913 bits per heavy atom. The summed E-state index contributed by atoms with van der Waals surface area (Å²) in [5.41, 5.74) is 0. The molecule has 0 aliphatic carbocycles. The Balaban J connectivity index is 0. The van der Waals surface area contributed by atoms with Crippen molar-refractivity contribution in [3.63, 3.8) is 0 Å². The molecule has 0 aliphatic heterocycles. The molecule has 132 valence electrons. The number of ketones is 1. The molecule has 1 atom stereocenters. The van der Waals surface area contributed by atoms with Gasteiger partial charge in [0.2, 0.25) is 0 Å². The summed E-state index contributed by atoms with van der Waals surface area (Å²) in [6.07, 6.45) is 12.6. The molecule has 0 aromatic heterocycles. The van der Waals surface area contributed by atoms with E-state index in [1.54, 1.807) is 0 Å². The third-order valence-corrected chi connectivity index (χ3v) is 5.01. The van der Waals surface area contributed by atoms with E-state index in [9.17, 15) is 17.8 Å². The second-order valence-electron chi connectivity index (χ2n) is 5.92. The summed E-state index contributed by atoms with van der Waals surface area (Å²) in [4.78, 5) is 11.5. The predicted molar refractivity (Wildman–Crippen MR) is 86.7 cm³/mol. The van der Waals surface area contributed by atoms with Gasteiger partial charge < -0.3 is 9.66 Å². The summed E-state index contributed by atoms with van der Waals surface area (Å²) < 4.78 is 32.3. The van der Waals surface area contributed by atoms with Crippen LogP contribution in [0.4, 0.5) is 0 Å². The molecule has 1 N–H and O–H groups in total. The van der Waals surface area contributed by atoms with Crippen molar-refractivity contribution in [1.29, 1.82) is 0 Å². The first-order valence-corrected chi connectivity index (χ1v) is 9.99. The van der Waals surface area contributed by atoms with Gasteiger partial charge in [0.15, 0.2) is 5.78 Å². The maximum atomic E-state index is 11.5. The minimum atomic E-state index is -4.73. The molecule has 0 heterocycles. The summed E-state index contributed by atoms with van der Waals surface area (Å²) in [5.74, 6) is -0.659. The first-order valence-electron chi connectivity index (χ1n) is 8.51. The van der Waals surface area contributed by atoms with E-state index in [-0.39, 0.29) is 36.0 Å². The second kappa shape index (κ2) is 16.0. The Labute approximate surface area is 163 Å². The summed E-state index contributed by atoms with van der Waals surface area (Å²) in [7, 11) is -4.73. The number of carbonyl (C=O) groups excluding carboxylic acids is 1. The molecular formula is C16H31NaO5S. The van der Waals surface area contributed by atoms with E-state index in [0.717, 1.165) is 19.3 Å². The van der Waals surface area contributed by atoms with Gasteiger partial charge in [-0.3, -0.25) is 4.79 Å². The zero-order valence-electron chi connectivity index (χ0n) is 14.8. The zero-order chi connectivity index (χ0) is 16.8. The van der Waals surface area contributed by atoms with Crippen LogP contribution in [0.25, 0.3) is 0 Å². The van der Waals surface area contributed by atoms with E-state index >= 15 is 0 Å². The number of aliphatic hydroxyl groups excluding tert-OH is 1. The number of unbranched alkanes of at least 4 members (excludes halogenated alkanes) is 10. The van der Waals surface area contributed by atoms with E-state index in [4.69, 9.17) is 5.11 Å². The molecular weight excluding hydrogens is 327 g/mol. The number of aliphatic hydroxyl groups is 1. The van der Waals surface area contributed by atoms with Crippen LogP contribution in [-0.2, 0) is 14.9 Å². The molecule has 0 rings (SSSR count). The molecule has 0 bridgehead atoms. The molecule has 0 aliphatic rings. The van der Waals surface area contributed by atoms with Crippen LogP contribution < -0.4 is 29.6 Å². The third kappa shape index (κ3) is 14.6. The quantitative estimate of drug-likeness (QED) is 0.256. The average Bonchev–Trinajstić information content (AvgIpc) is 2.44. The Kier molecular flexibility index (Phi) is 18.0. The van der Waals surface area contributed by atoms with Crippen molar-refractivity contribution < 1.29 is 52.4 Å². The van der Waals surface area contributed by atoms with Crippen molar-refractivity contribution >= 4 is 15.9 Å². The standard InChI is InChI=1S/C16H32O5S.Na/c1-2-3-4-5-6-7-8-9-10-11-12-13-15(18)16(14-17)22(19,20)21;/h16-17H,2-14H2,1H3,(H,19,20,21);/q;+1/p-1. The van der Waals surface area contributed by atoms with Gasteiger partial charge in [0.1, 0.15) is 15.4 Å². The van der Waals surface area contributed by atoms with Gasteiger partial charge >= 0.3 is 29.6 Å². The fourth-order valence-corrected chi connectivity index (χ4v) is 3.10. The first kappa shape index (κ1) is 25.8. The third-order valence-electron chi connectivity index (χ3n) is 3.90. The van der Waals surface area contributed by atoms with Crippen molar-refractivity contribution in [3.05, 3.63) is 0 Å². The van der Waals surface area contributed by atoms with Crippen molar-refractivity contribution in [3.8, 4) is 0 Å². The first-order chi connectivity index (χ1) is 10.4. The van der Waals surface area contributed by atoms with Gasteiger partial charge in [0.05, 0.1) is 6.61 Å². The summed E-state index contributed by atoms with van der Waals surface area (Å²) in [5, 5.41) is 7.03. The molecule has 7 heteroatoms. The summed E-state index contributed by atoms with van der Waals surface area (Å²) in [6.45, 7) is 1.29. The van der Waals surface area contributed by atoms with Gasteiger partial charge in [0, 0.05) is 6.42 Å². The van der Waals surface area contributed by atoms with Crippen molar-refractivity contribution in [1.82, 2.24) is 0 Å². The molecule has 0 fully saturated rings. The Hall–Kier alpha value is 0.540. The zero-order valence-corrected chi connectivity index (χ0v) is 17.6. The largest absolute Gasteiger partial charge is 1.00 e. The molecule has 0 aromatic rings. The summed E-state index contributed by atoms with van der Waals surface area (Å²) in [6, 6.07) is 0. The van der Waals surface area contributed by atoms with Crippen LogP contribution in [0.1, 0.15) is 84.0 Å². The predicted octanol–water partition coefficient (Wildman–Crippen LogP) is 0.167. The number of rotatable bonds is 15. The number of hydrogen-bond donors (Lipinski definition) is 1. The molecule has 0 saturated carbocycles. The maximum absolute atomic E-state index is 11.5. The van der Waals surface area contributed by atoms with Gasteiger partial charge in [0.25, 0.3) is 0 Å². The monoisotopic (exact) mass is 358 g/mol. The number of Topliss-reactive ketones (excluding diaryl/α,β-unsaturated/α-hetero) is 1. The van der Waals surface area contributed by atoms with Crippen LogP contribution in [-0.4, -0.2) is 35.7 Å². The molecule has 23 heavy (non-hydrogen) atoms. The van der Waals surface area contributed by atoms with Crippen LogP contribution in [0.2, 0.25) is 0 Å². The van der Waals surface area contributed by atoms with Crippen LogP contribution in [0, 0.1) is 0 Å². The molecule has 0 aromatic carbocycles. The van der Waals surface area contributed by atoms with Crippen LogP contribution in [0.5, 0.6) is 0 Å². The fraction of sp³-hybridized carbons (Fsp3) is 0.938. The van der Waals surface area contributed by atoms with Gasteiger partial charge in [-0.25, -0.2) is 8.42 Å². The Bertz CT molecular complexity index is 384. The minimum Gasteiger partial charge on any atom is -0.747 e. The minimum absolute atomic E-state index is 0. The SMILES string of the molecule is CCCCCCCCCCCCCC(=O)C(CO)S(=O)(=O)[O-].[Na+]. The average molecular weight is 358 g/mol. The van der Waals surface area contributed by atoms with Gasteiger partial charge in [-0.2, -0.15) is 0 Å². The van der Waals surface area contributed by atoms with Gasteiger partial charge in [-0.05, 0) is 6.42 Å².